The lowest BCUT2D eigenvalue weighted by molar-refractivity contribution is -0.176. The molecule has 0 aromatic heterocycles. The number of amides is 1. The van der Waals surface area contributed by atoms with Gasteiger partial charge in [-0.25, -0.2) is 5.06 Å². The quantitative estimate of drug-likeness (QED) is 0.331. The van der Waals surface area contributed by atoms with Gasteiger partial charge in [-0.15, -0.1) is 0 Å². The lowest BCUT2D eigenvalue weighted by Gasteiger charge is -2.58. The van der Waals surface area contributed by atoms with Crippen LogP contribution in [0.1, 0.15) is 105 Å². The summed E-state index contributed by atoms with van der Waals surface area (Å²) in [5, 5.41) is 11.8. The molecule has 4 aliphatic carbocycles. The lowest BCUT2D eigenvalue weighted by atomic mass is 9.47. The zero-order valence-electron chi connectivity index (χ0n) is 21.9. The molecule has 33 heavy (non-hydrogen) atoms. The number of rotatable bonds is 8. The first kappa shape index (κ1) is 25.2. The Bertz CT molecular complexity index is 734. The average molecular weight is 460 g/mol. The Hall–Kier alpha value is -0.870. The van der Waals surface area contributed by atoms with Crippen LogP contribution in [-0.2, 0) is 9.63 Å². The molecule has 4 aliphatic rings. The van der Waals surface area contributed by atoms with Gasteiger partial charge in [0.15, 0.2) is 0 Å². The number of unbranched alkanes of at least 4 members (excludes halogenated alkanes) is 1. The third-order valence-corrected chi connectivity index (χ3v) is 10.9. The number of allylic oxidation sites excluding steroid dienone is 1. The predicted molar refractivity (Wildman–Crippen MR) is 133 cm³/mol. The lowest BCUT2D eigenvalue weighted by Crippen LogP contribution is -2.50. The summed E-state index contributed by atoms with van der Waals surface area (Å²) >= 11 is 0. The number of nitrogens with zero attached hydrogens (tertiary/aromatic N) is 1. The summed E-state index contributed by atoms with van der Waals surface area (Å²) < 4.78 is 0. The molecule has 0 bridgehead atoms. The largest absolute Gasteiger partial charge is 0.393 e. The van der Waals surface area contributed by atoms with Crippen molar-refractivity contribution in [3.8, 4) is 0 Å². The molecular formula is C29H49NO3. The number of hydrogen-bond donors (Lipinski definition) is 1. The maximum Gasteiger partial charge on any atom is 0.246 e. The Balaban J connectivity index is 1.41. The van der Waals surface area contributed by atoms with Crippen LogP contribution in [0.3, 0.4) is 0 Å². The van der Waals surface area contributed by atoms with Crippen molar-refractivity contribution in [2.24, 2.45) is 40.4 Å². The van der Waals surface area contributed by atoms with E-state index in [1.165, 1.54) is 38.5 Å². The van der Waals surface area contributed by atoms with Gasteiger partial charge in [0.1, 0.15) is 0 Å². The first-order chi connectivity index (χ1) is 15.7. The van der Waals surface area contributed by atoms with Gasteiger partial charge < -0.3 is 5.11 Å². The number of hydrogen-bond acceptors (Lipinski definition) is 3. The fourth-order valence-electron chi connectivity index (χ4n) is 8.91. The summed E-state index contributed by atoms with van der Waals surface area (Å²) in [4.78, 5) is 18.1. The minimum atomic E-state index is -0.120. The topological polar surface area (TPSA) is 49.8 Å². The highest BCUT2D eigenvalue weighted by atomic mass is 16.7. The van der Waals surface area contributed by atoms with Crippen molar-refractivity contribution in [1.29, 1.82) is 0 Å². The Morgan fingerprint density at radius 3 is 2.73 bits per heavy atom. The van der Waals surface area contributed by atoms with Gasteiger partial charge in [-0.1, -0.05) is 45.8 Å². The molecule has 188 valence electrons. The van der Waals surface area contributed by atoms with E-state index in [4.69, 9.17) is 4.84 Å². The molecule has 0 aliphatic heterocycles. The Labute approximate surface area is 202 Å². The molecular weight excluding hydrogens is 410 g/mol. The van der Waals surface area contributed by atoms with Gasteiger partial charge in [0, 0.05) is 13.0 Å². The number of fused-ring (bicyclic) bond motifs is 5. The summed E-state index contributed by atoms with van der Waals surface area (Å²) in [6.07, 6.45) is 15.7. The summed E-state index contributed by atoms with van der Waals surface area (Å²) in [7, 11) is 1.62. The maximum absolute atomic E-state index is 12.7. The van der Waals surface area contributed by atoms with E-state index < -0.39 is 0 Å². The van der Waals surface area contributed by atoms with Gasteiger partial charge in [-0.2, -0.15) is 0 Å². The number of aliphatic hydroxyl groups is 1. The smallest absolute Gasteiger partial charge is 0.246 e. The highest BCUT2D eigenvalue weighted by Gasteiger charge is 2.59. The van der Waals surface area contributed by atoms with Crippen LogP contribution < -0.4 is 0 Å². The molecule has 4 rings (SSSR count). The van der Waals surface area contributed by atoms with Crippen LogP contribution in [0.25, 0.3) is 0 Å². The van der Waals surface area contributed by atoms with Crippen molar-refractivity contribution in [1.82, 2.24) is 5.06 Å². The van der Waals surface area contributed by atoms with E-state index in [1.54, 1.807) is 17.7 Å². The van der Waals surface area contributed by atoms with Crippen LogP contribution in [0.5, 0.6) is 0 Å². The van der Waals surface area contributed by atoms with Crippen LogP contribution in [0.4, 0.5) is 0 Å². The van der Waals surface area contributed by atoms with E-state index in [0.717, 1.165) is 55.8 Å². The highest BCUT2D eigenvalue weighted by molar-refractivity contribution is 5.75. The molecule has 0 spiro atoms. The second kappa shape index (κ2) is 10.0. The molecule has 3 saturated carbocycles. The van der Waals surface area contributed by atoms with Gasteiger partial charge in [0.25, 0.3) is 0 Å². The third-order valence-electron chi connectivity index (χ3n) is 10.9. The van der Waals surface area contributed by atoms with Crippen molar-refractivity contribution in [3.63, 3.8) is 0 Å². The molecule has 0 heterocycles. The van der Waals surface area contributed by atoms with Crippen LogP contribution in [-0.4, -0.2) is 35.8 Å². The van der Waals surface area contributed by atoms with E-state index in [9.17, 15) is 9.90 Å². The molecule has 1 N–H and O–H groups in total. The Morgan fingerprint density at radius 1 is 1.21 bits per heavy atom. The van der Waals surface area contributed by atoms with E-state index in [0.29, 0.717) is 29.7 Å². The summed E-state index contributed by atoms with van der Waals surface area (Å²) in [6.45, 7) is 10.4. The highest BCUT2D eigenvalue weighted by Crippen LogP contribution is 2.67. The average Bonchev–Trinajstić information content (AvgIpc) is 3.15. The third kappa shape index (κ3) is 4.56. The van der Waals surface area contributed by atoms with Crippen molar-refractivity contribution >= 4 is 5.91 Å². The van der Waals surface area contributed by atoms with Crippen LogP contribution in [0, 0.1) is 40.4 Å². The number of carbonyl (C=O) groups is 1. The number of hydroxylamine groups is 2. The molecule has 0 aromatic rings. The van der Waals surface area contributed by atoms with E-state index >= 15 is 0 Å². The van der Waals surface area contributed by atoms with Crippen molar-refractivity contribution in [2.45, 2.75) is 111 Å². The molecule has 8 atom stereocenters. The summed E-state index contributed by atoms with van der Waals surface area (Å²) in [6, 6.07) is 0. The van der Waals surface area contributed by atoms with Gasteiger partial charge in [0.05, 0.1) is 13.2 Å². The zero-order chi connectivity index (χ0) is 23.8. The van der Waals surface area contributed by atoms with Gasteiger partial charge in [-0.05, 0) is 105 Å². The van der Waals surface area contributed by atoms with Crippen LogP contribution in [0.2, 0.25) is 0 Å². The first-order valence-corrected chi connectivity index (χ1v) is 14.0. The molecule has 0 saturated heterocycles. The molecule has 0 aromatic carbocycles. The minimum Gasteiger partial charge on any atom is -0.393 e. The zero-order valence-corrected chi connectivity index (χ0v) is 21.9. The number of aliphatic hydroxyl groups excluding tert-OH is 1. The first-order valence-electron chi connectivity index (χ1n) is 14.0. The Morgan fingerprint density at radius 2 is 2.00 bits per heavy atom. The van der Waals surface area contributed by atoms with Crippen LogP contribution >= 0.6 is 0 Å². The second-order valence-corrected chi connectivity index (χ2v) is 12.4. The van der Waals surface area contributed by atoms with Gasteiger partial charge in [0.2, 0.25) is 5.91 Å². The molecule has 4 heteroatoms. The molecule has 0 radical (unpaired) electrons. The van der Waals surface area contributed by atoms with Gasteiger partial charge in [-0.3, -0.25) is 9.63 Å². The monoisotopic (exact) mass is 459 g/mol. The second-order valence-electron chi connectivity index (χ2n) is 12.4. The summed E-state index contributed by atoms with van der Waals surface area (Å²) in [5.74, 6) is 3.89. The van der Waals surface area contributed by atoms with E-state index in [2.05, 4.69) is 33.8 Å². The van der Waals surface area contributed by atoms with Crippen molar-refractivity contribution < 1.29 is 14.7 Å². The standard InChI is InChI=1S/C29H49NO3/c1-6-7-18-30(33-5)27(32)13-8-20(2)24-11-12-25-23-10-9-21-19-22(31)14-16-28(21,3)26(23)15-17-29(24,25)4/h9,20,22-26,31H,6-8,10-19H2,1-5H3/t20-,22+,23+,24-,25+,26+,28+,29-/m1/s1. The SMILES string of the molecule is CCCCN(OC)C(=O)CC[C@@H](C)[C@H]1CC[C@H]2[C@@H]3CC=C4C[C@@H](O)CC[C@]4(C)[C@H]3CC[C@]12C. The van der Waals surface area contributed by atoms with E-state index in [1.807, 2.05) is 0 Å². The van der Waals surface area contributed by atoms with E-state index in [-0.39, 0.29) is 12.0 Å². The van der Waals surface area contributed by atoms with Gasteiger partial charge >= 0.3 is 0 Å². The maximum atomic E-state index is 12.7. The molecule has 3 fully saturated rings. The predicted octanol–water partition coefficient (Wildman–Crippen LogP) is 6.53. The minimum absolute atomic E-state index is 0.120. The normalized spacial score (nSPS) is 40.9. The molecule has 0 unspecified atom stereocenters. The molecule has 1 amide bonds. The fourth-order valence-corrected chi connectivity index (χ4v) is 8.91. The van der Waals surface area contributed by atoms with Crippen LogP contribution in [0.15, 0.2) is 11.6 Å². The van der Waals surface area contributed by atoms with Crippen molar-refractivity contribution in [2.75, 3.05) is 13.7 Å². The Kier molecular flexibility index (Phi) is 7.65. The number of carbonyl (C=O) groups excluding carboxylic acids is 1. The molecule has 4 nitrogen and oxygen atoms in total. The summed E-state index contributed by atoms with van der Waals surface area (Å²) in [5.41, 5.74) is 2.31. The fraction of sp³-hybridized carbons (Fsp3) is 0.897. The van der Waals surface area contributed by atoms with Crippen molar-refractivity contribution in [3.05, 3.63) is 11.6 Å².